The van der Waals surface area contributed by atoms with Gasteiger partial charge in [0, 0.05) is 0 Å². The Bertz CT molecular complexity index is 900. The molecule has 0 aromatic heterocycles. The van der Waals surface area contributed by atoms with Crippen LogP contribution in [0.5, 0.6) is 11.5 Å². The maximum absolute atomic E-state index is 12.3. The first-order chi connectivity index (χ1) is 13.6. The average Bonchev–Trinajstić information content (AvgIpc) is 3.04. The lowest BCUT2D eigenvalue weighted by atomic mass is 10.2. The third-order valence-corrected chi connectivity index (χ3v) is 5.53. The predicted octanol–water partition coefficient (Wildman–Crippen LogP) is 4.32. The molecule has 1 aliphatic rings. The number of halogens is 1. The fourth-order valence-electron chi connectivity index (χ4n) is 2.56. The van der Waals surface area contributed by atoms with Crippen molar-refractivity contribution < 1.29 is 14.3 Å². The molecule has 6 nitrogen and oxygen atoms in total. The number of carbonyl (C=O) groups is 1. The molecule has 0 spiro atoms. The van der Waals surface area contributed by atoms with E-state index in [-0.39, 0.29) is 5.91 Å². The van der Waals surface area contributed by atoms with Crippen LogP contribution in [0.4, 0.5) is 0 Å². The number of nitrogens with zero attached hydrogens (tertiary/aromatic N) is 3. The minimum Gasteiger partial charge on any atom is -0.497 e. The molecule has 2 aromatic rings. The summed E-state index contributed by atoms with van der Waals surface area (Å²) in [7, 11) is 1.63. The Labute approximate surface area is 176 Å². The molecule has 1 saturated heterocycles. The quantitative estimate of drug-likeness (QED) is 0.454. The summed E-state index contributed by atoms with van der Waals surface area (Å²) in [5.41, 5.74) is 1.89. The largest absolute Gasteiger partial charge is 0.497 e. The van der Waals surface area contributed by atoms with Gasteiger partial charge < -0.3 is 9.47 Å². The van der Waals surface area contributed by atoms with Crippen LogP contribution >= 0.6 is 27.7 Å². The molecule has 1 amide bonds. The number of thioether (sulfide) groups is 1. The van der Waals surface area contributed by atoms with Gasteiger partial charge in [-0.25, -0.2) is 0 Å². The Balaban J connectivity index is 1.70. The lowest BCUT2D eigenvalue weighted by molar-refractivity contribution is -0.124. The van der Waals surface area contributed by atoms with Gasteiger partial charge in [0.25, 0.3) is 0 Å². The second-order valence-electron chi connectivity index (χ2n) is 5.87. The Morgan fingerprint density at radius 1 is 1.25 bits per heavy atom. The van der Waals surface area contributed by atoms with E-state index in [1.54, 1.807) is 18.2 Å². The minimum absolute atomic E-state index is 0.0217. The van der Waals surface area contributed by atoms with Crippen molar-refractivity contribution in [2.75, 3.05) is 19.5 Å². The Kier molecular flexibility index (Phi) is 7.11. The third kappa shape index (κ3) is 5.14. The van der Waals surface area contributed by atoms with Gasteiger partial charge in [0.05, 0.1) is 36.7 Å². The Hall–Kier alpha value is -2.32. The van der Waals surface area contributed by atoms with Crippen molar-refractivity contribution in [2.45, 2.75) is 13.5 Å². The molecule has 8 heteroatoms. The zero-order chi connectivity index (χ0) is 19.9. The van der Waals surface area contributed by atoms with E-state index in [9.17, 15) is 4.79 Å². The van der Waals surface area contributed by atoms with Crippen molar-refractivity contribution in [3.05, 3.63) is 58.1 Å². The van der Waals surface area contributed by atoms with E-state index in [1.807, 2.05) is 49.4 Å². The van der Waals surface area contributed by atoms with E-state index in [2.05, 4.69) is 26.1 Å². The predicted molar refractivity (Wildman–Crippen MR) is 116 cm³/mol. The normalized spacial score (nSPS) is 15.6. The van der Waals surface area contributed by atoms with Crippen molar-refractivity contribution in [1.82, 2.24) is 4.90 Å². The molecule has 1 heterocycles. The topological polar surface area (TPSA) is 63.5 Å². The smallest absolute Gasteiger partial charge is 0.239 e. The first-order valence-electron chi connectivity index (χ1n) is 8.70. The van der Waals surface area contributed by atoms with Gasteiger partial charge in [-0.2, -0.15) is 5.10 Å². The molecule has 0 N–H and O–H groups in total. The van der Waals surface area contributed by atoms with Gasteiger partial charge in [0.15, 0.2) is 5.17 Å². The lowest BCUT2D eigenvalue weighted by Gasteiger charge is -2.16. The maximum Gasteiger partial charge on any atom is 0.239 e. The molecular weight excluding hydrogens is 442 g/mol. The number of amides is 1. The van der Waals surface area contributed by atoms with E-state index in [0.717, 1.165) is 27.1 Å². The van der Waals surface area contributed by atoms with Gasteiger partial charge in [0.1, 0.15) is 11.5 Å². The van der Waals surface area contributed by atoms with Crippen LogP contribution in [0, 0.1) is 0 Å². The second kappa shape index (κ2) is 9.75. The monoisotopic (exact) mass is 461 g/mol. The summed E-state index contributed by atoms with van der Waals surface area (Å²) in [6, 6.07) is 13.3. The van der Waals surface area contributed by atoms with Crippen LogP contribution in [0.25, 0.3) is 0 Å². The molecule has 0 unspecified atom stereocenters. The Morgan fingerprint density at radius 3 is 2.71 bits per heavy atom. The fourth-order valence-corrected chi connectivity index (χ4v) is 3.94. The number of amidine groups is 1. The van der Waals surface area contributed by atoms with E-state index in [0.29, 0.717) is 24.1 Å². The molecule has 146 valence electrons. The van der Waals surface area contributed by atoms with E-state index in [1.165, 1.54) is 11.8 Å². The van der Waals surface area contributed by atoms with Crippen LogP contribution in [0.3, 0.4) is 0 Å². The molecule has 0 saturated carbocycles. The summed E-state index contributed by atoms with van der Waals surface area (Å²) in [5.74, 6) is 1.96. The summed E-state index contributed by atoms with van der Waals surface area (Å²) in [4.78, 5) is 13.9. The van der Waals surface area contributed by atoms with Gasteiger partial charge in [-0.1, -0.05) is 17.8 Å². The molecular formula is C20H20BrN3O3S. The fraction of sp³-hybridized carbons (Fsp3) is 0.250. The average molecular weight is 462 g/mol. The SMILES string of the molecule is CCOc1ccc(CN2C(=O)CSC2=NN=Cc2ccc(OC)cc2)cc1Br. The number of rotatable bonds is 7. The number of hydrogen-bond acceptors (Lipinski definition) is 6. The molecule has 0 atom stereocenters. The van der Waals surface area contributed by atoms with Crippen molar-refractivity contribution in [2.24, 2.45) is 10.2 Å². The van der Waals surface area contributed by atoms with Crippen molar-refractivity contribution in [3.8, 4) is 11.5 Å². The number of carbonyl (C=O) groups excluding carboxylic acids is 1. The molecule has 0 bridgehead atoms. The summed E-state index contributed by atoms with van der Waals surface area (Å²) in [6.07, 6.45) is 1.65. The van der Waals surface area contributed by atoms with Crippen LogP contribution in [0.15, 0.2) is 57.1 Å². The highest BCUT2D eigenvalue weighted by Crippen LogP contribution is 2.28. The van der Waals surface area contributed by atoms with Gasteiger partial charge in [-0.3, -0.25) is 9.69 Å². The first kappa shape index (κ1) is 20.4. The zero-order valence-corrected chi connectivity index (χ0v) is 18.0. The summed E-state index contributed by atoms with van der Waals surface area (Å²) >= 11 is 4.90. The number of hydrogen-bond donors (Lipinski definition) is 0. The highest BCUT2D eigenvalue weighted by molar-refractivity contribution is 9.10. The van der Waals surface area contributed by atoms with Crippen molar-refractivity contribution in [1.29, 1.82) is 0 Å². The van der Waals surface area contributed by atoms with Gasteiger partial charge in [0.2, 0.25) is 5.91 Å². The van der Waals surface area contributed by atoms with Gasteiger partial charge in [-0.15, -0.1) is 5.10 Å². The van der Waals surface area contributed by atoms with E-state index < -0.39 is 0 Å². The van der Waals surface area contributed by atoms with E-state index in [4.69, 9.17) is 9.47 Å². The highest BCUT2D eigenvalue weighted by Gasteiger charge is 2.28. The van der Waals surface area contributed by atoms with E-state index >= 15 is 0 Å². The summed E-state index contributed by atoms with van der Waals surface area (Å²) < 4.78 is 11.5. The zero-order valence-electron chi connectivity index (χ0n) is 15.6. The molecule has 28 heavy (non-hydrogen) atoms. The molecule has 0 radical (unpaired) electrons. The lowest BCUT2D eigenvalue weighted by Crippen LogP contribution is -2.28. The number of methoxy groups -OCH3 is 1. The summed E-state index contributed by atoms with van der Waals surface area (Å²) in [5, 5.41) is 8.98. The van der Waals surface area contributed by atoms with Crippen LogP contribution < -0.4 is 9.47 Å². The summed E-state index contributed by atoms with van der Waals surface area (Å²) in [6.45, 7) is 2.98. The molecule has 2 aromatic carbocycles. The molecule has 0 aliphatic carbocycles. The standard InChI is InChI=1S/C20H20BrN3O3S/c1-3-27-18-9-6-15(10-17(18)21)12-24-19(25)13-28-20(24)23-22-11-14-4-7-16(26-2)8-5-14/h4-11H,3,12-13H2,1-2H3. The number of ether oxygens (including phenoxy) is 2. The molecule has 1 aliphatic heterocycles. The minimum atomic E-state index is 0.0217. The Morgan fingerprint density at radius 2 is 2.04 bits per heavy atom. The molecule has 1 fully saturated rings. The third-order valence-electron chi connectivity index (χ3n) is 3.96. The van der Waals surface area contributed by atoms with Gasteiger partial charge >= 0.3 is 0 Å². The van der Waals surface area contributed by atoms with Crippen LogP contribution in [0.2, 0.25) is 0 Å². The maximum atomic E-state index is 12.3. The van der Waals surface area contributed by atoms with Crippen molar-refractivity contribution >= 4 is 45.0 Å². The van der Waals surface area contributed by atoms with Gasteiger partial charge in [-0.05, 0) is 70.4 Å². The first-order valence-corrected chi connectivity index (χ1v) is 10.5. The van der Waals surface area contributed by atoms with Crippen molar-refractivity contribution in [3.63, 3.8) is 0 Å². The second-order valence-corrected chi connectivity index (χ2v) is 7.66. The number of benzene rings is 2. The van der Waals surface area contributed by atoms with Crippen LogP contribution in [-0.4, -0.2) is 41.7 Å². The molecule has 3 rings (SSSR count). The highest BCUT2D eigenvalue weighted by atomic mass is 79.9. The van der Waals surface area contributed by atoms with Crippen LogP contribution in [-0.2, 0) is 11.3 Å². The van der Waals surface area contributed by atoms with Crippen LogP contribution in [0.1, 0.15) is 18.1 Å².